The van der Waals surface area contributed by atoms with E-state index in [2.05, 4.69) is 47.7 Å². The molecular weight excluding hydrogens is 200 g/mol. The van der Waals surface area contributed by atoms with Gasteiger partial charge in [-0.1, -0.05) is 0 Å². The molecule has 0 bridgehead atoms. The lowest BCUT2D eigenvalue weighted by Crippen LogP contribution is -2.55. The molecule has 0 spiro atoms. The van der Waals surface area contributed by atoms with Crippen LogP contribution in [0.3, 0.4) is 0 Å². The van der Waals surface area contributed by atoms with Crippen LogP contribution in [-0.2, 0) is 13.5 Å². The van der Waals surface area contributed by atoms with Crippen molar-refractivity contribution >= 4 is 0 Å². The number of imidazole rings is 1. The van der Waals surface area contributed by atoms with Crippen molar-refractivity contribution in [1.82, 2.24) is 19.8 Å². The Hall–Kier alpha value is -0.870. The van der Waals surface area contributed by atoms with Crippen molar-refractivity contribution in [3.8, 4) is 0 Å². The van der Waals surface area contributed by atoms with Crippen molar-refractivity contribution in [2.45, 2.75) is 31.8 Å². The molecule has 0 aliphatic carbocycles. The van der Waals surface area contributed by atoms with Gasteiger partial charge in [0.25, 0.3) is 0 Å². The minimum absolute atomic E-state index is 0.0979. The first-order valence-electron chi connectivity index (χ1n) is 5.70. The molecule has 0 aliphatic rings. The maximum Gasteiger partial charge on any atom is 0.109 e. The number of aryl methyl sites for hydroxylation is 1. The standard InChI is InChI=1S/C12H24N4/c1-12(2,15(4)5)10(13-3)9-11-14-7-8-16(11)6/h7-8,10,13H,9H2,1-6H3. The molecule has 0 amide bonds. The van der Waals surface area contributed by atoms with Gasteiger partial charge in [-0.15, -0.1) is 0 Å². The lowest BCUT2D eigenvalue weighted by molar-refractivity contribution is 0.140. The summed E-state index contributed by atoms with van der Waals surface area (Å²) in [5.74, 6) is 1.12. The summed E-state index contributed by atoms with van der Waals surface area (Å²) < 4.78 is 2.08. The zero-order valence-electron chi connectivity index (χ0n) is 11.3. The monoisotopic (exact) mass is 224 g/mol. The Bertz CT molecular complexity index is 328. The van der Waals surface area contributed by atoms with Crippen molar-refractivity contribution in [1.29, 1.82) is 0 Å². The first kappa shape index (κ1) is 13.2. The number of hydrogen-bond donors (Lipinski definition) is 1. The highest BCUT2D eigenvalue weighted by Gasteiger charge is 2.31. The molecule has 1 aromatic rings. The van der Waals surface area contributed by atoms with Gasteiger partial charge in [-0.25, -0.2) is 4.98 Å². The van der Waals surface area contributed by atoms with Gasteiger partial charge in [0.15, 0.2) is 0 Å². The maximum absolute atomic E-state index is 4.38. The Morgan fingerprint density at radius 2 is 2.12 bits per heavy atom. The number of nitrogens with one attached hydrogen (secondary N) is 1. The lowest BCUT2D eigenvalue weighted by Gasteiger charge is -2.40. The topological polar surface area (TPSA) is 33.1 Å². The summed E-state index contributed by atoms with van der Waals surface area (Å²) in [6.07, 6.45) is 4.78. The van der Waals surface area contributed by atoms with Crippen LogP contribution in [0, 0.1) is 0 Å². The quantitative estimate of drug-likeness (QED) is 0.806. The third-order valence-electron chi connectivity index (χ3n) is 3.66. The van der Waals surface area contributed by atoms with Gasteiger partial charge in [-0.3, -0.25) is 0 Å². The third kappa shape index (κ3) is 2.62. The maximum atomic E-state index is 4.38. The second-order valence-corrected chi connectivity index (χ2v) is 5.05. The van der Waals surface area contributed by atoms with E-state index in [1.807, 2.05) is 26.5 Å². The molecule has 92 valence electrons. The highest BCUT2D eigenvalue weighted by Crippen LogP contribution is 2.18. The van der Waals surface area contributed by atoms with Gasteiger partial charge in [0.2, 0.25) is 0 Å². The van der Waals surface area contributed by atoms with Crippen molar-refractivity contribution in [3.63, 3.8) is 0 Å². The fraction of sp³-hybridized carbons (Fsp3) is 0.750. The molecule has 1 N–H and O–H groups in total. The Morgan fingerprint density at radius 1 is 1.50 bits per heavy atom. The molecule has 16 heavy (non-hydrogen) atoms. The molecule has 0 fully saturated rings. The Morgan fingerprint density at radius 3 is 2.50 bits per heavy atom. The van der Waals surface area contributed by atoms with Gasteiger partial charge >= 0.3 is 0 Å². The van der Waals surface area contributed by atoms with Crippen LogP contribution in [0.1, 0.15) is 19.7 Å². The lowest BCUT2D eigenvalue weighted by atomic mass is 9.90. The summed E-state index contributed by atoms with van der Waals surface area (Å²) in [5.41, 5.74) is 0.0979. The van der Waals surface area contributed by atoms with Crippen LogP contribution in [0.5, 0.6) is 0 Å². The van der Waals surface area contributed by atoms with Gasteiger partial charge < -0.3 is 14.8 Å². The first-order valence-corrected chi connectivity index (χ1v) is 5.70. The first-order chi connectivity index (χ1) is 7.39. The zero-order chi connectivity index (χ0) is 12.3. The molecule has 1 rings (SSSR count). The summed E-state index contributed by atoms with van der Waals surface area (Å²) in [4.78, 5) is 6.63. The van der Waals surface area contributed by atoms with Crippen LogP contribution in [0.15, 0.2) is 12.4 Å². The molecule has 0 saturated carbocycles. The van der Waals surface area contributed by atoms with E-state index < -0.39 is 0 Å². The van der Waals surface area contributed by atoms with E-state index in [1.54, 1.807) is 0 Å². The van der Waals surface area contributed by atoms with Crippen LogP contribution in [-0.4, -0.2) is 47.2 Å². The van der Waals surface area contributed by atoms with E-state index in [4.69, 9.17) is 0 Å². The predicted octanol–water partition coefficient (Wildman–Crippen LogP) is 0.891. The molecule has 4 nitrogen and oxygen atoms in total. The van der Waals surface area contributed by atoms with Gasteiger partial charge in [-0.05, 0) is 35.0 Å². The molecule has 0 aromatic carbocycles. The highest BCUT2D eigenvalue weighted by atomic mass is 15.2. The molecule has 1 unspecified atom stereocenters. The summed E-state index contributed by atoms with van der Waals surface area (Å²) in [6.45, 7) is 4.49. The molecule has 4 heteroatoms. The second-order valence-electron chi connectivity index (χ2n) is 5.05. The summed E-state index contributed by atoms with van der Waals surface area (Å²) >= 11 is 0. The number of aromatic nitrogens is 2. The molecule has 0 radical (unpaired) electrons. The Balaban J connectivity index is 2.81. The summed E-state index contributed by atoms with van der Waals surface area (Å²) in [6, 6.07) is 0.378. The molecule has 1 heterocycles. The van der Waals surface area contributed by atoms with Crippen molar-refractivity contribution in [2.24, 2.45) is 7.05 Å². The van der Waals surface area contributed by atoms with Crippen LogP contribution >= 0.6 is 0 Å². The highest BCUT2D eigenvalue weighted by molar-refractivity contribution is 5.01. The van der Waals surface area contributed by atoms with E-state index in [1.165, 1.54) is 0 Å². The van der Waals surface area contributed by atoms with Crippen molar-refractivity contribution in [2.75, 3.05) is 21.1 Å². The third-order valence-corrected chi connectivity index (χ3v) is 3.66. The van der Waals surface area contributed by atoms with Crippen LogP contribution in [0.4, 0.5) is 0 Å². The molecule has 1 aromatic heterocycles. The van der Waals surface area contributed by atoms with Crippen LogP contribution < -0.4 is 5.32 Å². The fourth-order valence-electron chi connectivity index (χ4n) is 1.79. The van der Waals surface area contributed by atoms with Crippen LogP contribution in [0.2, 0.25) is 0 Å². The minimum atomic E-state index is 0.0979. The minimum Gasteiger partial charge on any atom is -0.338 e. The van der Waals surface area contributed by atoms with Gasteiger partial charge in [0.05, 0.1) is 0 Å². The number of hydrogen-bond acceptors (Lipinski definition) is 3. The molecule has 1 atom stereocenters. The van der Waals surface area contributed by atoms with E-state index in [0.717, 1.165) is 12.2 Å². The van der Waals surface area contributed by atoms with Crippen molar-refractivity contribution in [3.05, 3.63) is 18.2 Å². The summed E-state index contributed by atoms with van der Waals surface area (Å²) in [7, 11) is 8.28. The zero-order valence-corrected chi connectivity index (χ0v) is 11.3. The van der Waals surface area contributed by atoms with Crippen molar-refractivity contribution < 1.29 is 0 Å². The largest absolute Gasteiger partial charge is 0.338 e. The van der Waals surface area contributed by atoms with Gasteiger partial charge in [0.1, 0.15) is 5.82 Å². The second kappa shape index (κ2) is 4.97. The fourth-order valence-corrected chi connectivity index (χ4v) is 1.79. The normalized spacial score (nSPS) is 14.4. The number of nitrogens with zero attached hydrogens (tertiary/aromatic N) is 3. The number of rotatable bonds is 5. The smallest absolute Gasteiger partial charge is 0.109 e. The molecule has 0 saturated heterocycles. The Labute approximate surface area is 98.7 Å². The molecule has 0 aliphatic heterocycles. The van der Waals surface area contributed by atoms with Crippen LogP contribution in [0.25, 0.3) is 0 Å². The average molecular weight is 224 g/mol. The predicted molar refractivity (Wildman–Crippen MR) is 67.5 cm³/mol. The van der Waals surface area contributed by atoms with E-state index in [0.29, 0.717) is 6.04 Å². The summed E-state index contributed by atoms with van der Waals surface area (Å²) in [5, 5.41) is 3.39. The SMILES string of the molecule is CNC(Cc1nccn1C)C(C)(C)N(C)C. The van der Waals surface area contributed by atoms with E-state index >= 15 is 0 Å². The Kier molecular flexibility index (Phi) is 4.10. The van der Waals surface area contributed by atoms with E-state index in [9.17, 15) is 0 Å². The average Bonchev–Trinajstić information content (AvgIpc) is 2.60. The number of likely N-dealkylation sites (N-methyl/N-ethyl adjacent to an activating group) is 2. The van der Waals surface area contributed by atoms with Gasteiger partial charge in [0, 0.05) is 37.4 Å². The molecular formula is C12H24N4. The van der Waals surface area contributed by atoms with E-state index in [-0.39, 0.29) is 5.54 Å². The van der Waals surface area contributed by atoms with Gasteiger partial charge in [-0.2, -0.15) is 0 Å².